The molecule has 0 bridgehead atoms. The van der Waals surface area contributed by atoms with Crippen molar-refractivity contribution in [1.29, 1.82) is 0 Å². The molecule has 1 aromatic carbocycles. The van der Waals surface area contributed by atoms with E-state index in [0.717, 1.165) is 5.56 Å². The first kappa shape index (κ1) is 23.1. The smallest absolute Gasteiger partial charge is 0.306 e. The van der Waals surface area contributed by atoms with Crippen molar-refractivity contribution >= 4 is 40.7 Å². The van der Waals surface area contributed by atoms with Crippen molar-refractivity contribution in [2.24, 2.45) is 5.92 Å². The summed E-state index contributed by atoms with van der Waals surface area (Å²) >= 11 is 7.03. The second-order valence-corrected chi connectivity index (χ2v) is 9.24. The van der Waals surface area contributed by atoms with Crippen molar-refractivity contribution in [3.63, 3.8) is 0 Å². The maximum atomic E-state index is 12.4. The molecule has 0 aliphatic heterocycles. The van der Waals surface area contributed by atoms with Crippen LogP contribution < -0.4 is 15.4 Å². The summed E-state index contributed by atoms with van der Waals surface area (Å²) in [6, 6.07) is 8.62. The molecule has 1 aromatic heterocycles. The van der Waals surface area contributed by atoms with E-state index < -0.39 is 5.97 Å². The van der Waals surface area contributed by atoms with Gasteiger partial charge in [-0.25, -0.2) is 0 Å². The molecule has 2 aromatic rings. The Morgan fingerprint density at radius 1 is 1.06 bits per heavy atom. The van der Waals surface area contributed by atoms with Gasteiger partial charge in [-0.05, 0) is 68.5 Å². The number of carboxylic acids is 1. The zero-order chi connectivity index (χ0) is 22.4. The van der Waals surface area contributed by atoms with E-state index in [1.807, 2.05) is 13.0 Å². The highest BCUT2D eigenvalue weighted by Crippen LogP contribution is 2.28. The molecule has 3 N–H and O–H groups in total. The molecular formula is C22H25ClN2O5S. The second-order valence-electron chi connectivity index (χ2n) is 7.52. The van der Waals surface area contributed by atoms with Crippen molar-refractivity contribution in [1.82, 2.24) is 10.6 Å². The number of hydrogen-bond donors (Lipinski definition) is 3. The lowest BCUT2D eigenvalue weighted by molar-refractivity contribution is -0.143. The third kappa shape index (κ3) is 6.45. The average molecular weight is 465 g/mol. The number of thiophene rings is 1. The summed E-state index contributed by atoms with van der Waals surface area (Å²) in [6.07, 6.45) is 2.66. The highest BCUT2D eigenvalue weighted by molar-refractivity contribution is 7.17. The number of aryl methyl sites for hydroxylation is 1. The van der Waals surface area contributed by atoms with E-state index in [1.165, 1.54) is 11.3 Å². The van der Waals surface area contributed by atoms with Gasteiger partial charge in [-0.3, -0.25) is 14.4 Å². The van der Waals surface area contributed by atoms with Gasteiger partial charge in [-0.2, -0.15) is 0 Å². The quantitative estimate of drug-likeness (QED) is 0.514. The van der Waals surface area contributed by atoms with Crippen molar-refractivity contribution in [2.75, 3.05) is 13.1 Å². The number of halogens is 1. The lowest BCUT2D eigenvalue weighted by Crippen LogP contribution is -2.34. The van der Waals surface area contributed by atoms with Crippen LogP contribution in [0.5, 0.6) is 5.75 Å². The number of nitrogens with one attached hydrogen (secondary N) is 2. The Kier molecular flexibility index (Phi) is 7.92. The number of amides is 2. The summed E-state index contributed by atoms with van der Waals surface area (Å²) in [7, 11) is 0. The Hall–Kier alpha value is -2.58. The van der Waals surface area contributed by atoms with Gasteiger partial charge in [0.25, 0.3) is 11.8 Å². The van der Waals surface area contributed by atoms with Crippen LogP contribution in [0.2, 0.25) is 4.34 Å². The van der Waals surface area contributed by atoms with Gasteiger partial charge >= 0.3 is 5.97 Å². The Bertz CT molecular complexity index is 953. The fourth-order valence-corrected chi connectivity index (χ4v) is 4.51. The topological polar surface area (TPSA) is 105 Å². The van der Waals surface area contributed by atoms with E-state index in [2.05, 4.69) is 10.6 Å². The first-order chi connectivity index (χ1) is 14.8. The largest absolute Gasteiger partial charge is 0.490 e. The third-order valence-electron chi connectivity index (χ3n) is 5.26. The summed E-state index contributed by atoms with van der Waals surface area (Å²) < 4.78 is 6.54. The van der Waals surface area contributed by atoms with Gasteiger partial charge in [-0.1, -0.05) is 11.6 Å². The van der Waals surface area contributed by atoms with Gasteiger partial charge in [-0.15, -0.1) is 11.3 Å². The number of carbonyl (C=O) groups is 3. The maximum Gasteiger partial charge on any atom is 0.306 e. The zero-order valence-corrected chi connectivity index (χ0v) is 18.7. The molecule has 1 heterocycles. The molecule has 0 radical (unpaired) electrons. The van der Waals surface area contributed by atoms with E-state index in [1.54, 1.807) is 24.3 Å². The van der Waals surface area contributed by atoms with Gasteiger partial charge in [0.05, 0.1) is 21.2 Å². The normalized spacial score (nSPS) is 18.3. The lowest BCUT2D eigenvalue weighted by Gasteiger charge is -2.27. The minimum absolute atomic E-state index is 0.00323. The number of benzene rings is 1. The molecule has 0 unspecified atom stereocenters. The SMILES string of the molecule is Cc1cc(OC2CCC(C(=O)O)CC2)ccc1C(=O)NCCNC(=O)c1ccc(Cl)s1. The highest BCUT2D eigenvalue weighted by atomic mass is 35.5. The molecule has 3 rings (SSSR count). The van der Waals surface area contributed by atoms with Gasteiger partial charge in [0.2, 0.25) is 0 Å². The summed E-state index contributed by atoms with van der Waals surface area (Å²) in [4.78, 5) is 36.0. The lowest BCUT2D eigenvalue weighted by atomic mass is 9.87. The van der Waals surface area contributed by atoms with Crippen LogP contribution in [0.1, 0.15) is 51.3 Å². The zero-order valence-electron chi connectivity index (χ0n) is 17.2. The molecule has 1 fully saturated rings. The number of aliphatic carboxylic acids is 1. The standard InChI is InChI=1S/C22H25ClN2O5S/c1-13-12-16(30-15-4-2-14(3-5-15)22(28)29)6-7-17(13)20(26)24-10-11-25-21(27)18-8-9-19(23)31-18/h6-9,12,14-15H,2-5,10-11H2,1H3,(H,24,26)(H,25,27)(H,28,29). The van der Waals surface area contributed by atoms with Crippen LogP contribution in [-0.2, 0) is 4.79 Å². The maximum absolute atomic E-state index is 12.4. The molecule has 1 aliphatic carbocycles. The van der Waals surface area contributed by atoms with Gasteiger partial charge in [0.1, 0.15) is 5.75 Å². The van der Waals surface area contributed by atoms with Crippen molar-refractivity contribution in [3.05, 3.63) is 50.7 Å². The van der Waals surface area contributed by atoms with E-state index >= 15 is 0 Å². The van der Waals surface area contributed by atoms with Crippen LogP contribution in [0.4, 0.5) is 0 Å². The molecule has 0 atom stereocenters. The van der Waals surface area contributed by atoms with E-state index in [9.17, 15) is 14.4 Å². The molecule has 166 valence electrons. The van der Waals surface area contributed by atoms with Gasteiger partial charge in [0, 0.05) is 18.7 Å². The molecule has 1 aliphatic rings. The molecule has 9 heteroatoms. The number of rotatable bonds is 8. The third-order valence-corrected chi connectivity index (χ3v) is 6.49. The summed E-state index contributed by atoms with van der Waals surface area (Å²) in [5.41, 5.74) is 1.32. The summed E-state index contributed by atoms with van der Waals surface area (Å²) in [5, 5.41) is 14.6. The van der Waals surface area contributed by atoms with E-state index in [4.69, 9.17) is 21.4 Å². The van der Waals surface area contributed by atoms with Crippen molar-refractivity contribution in [2.45, 2.75) is 38.7 Å². The Morgan fingerprint density at radius 2 is 1.74 bits per heavy atom. The molecule has 1 saturated carbocycles. The monoisotopic (exact) mass is 464 g/mol. The summed E-state index contributed by atoms with van der Waals surface area (Å²) in [6.45, 7) is 2.44. The van der Waals surface area contributed by atoms with E-state index in [-0.39, 0.29) is 23.8 Å². The minimum Gasteiger partial charge on any atom is -0.490 e. The van der Waals surface area contributed by atoms with Crippen molar-refractivity contribution in [3.8, 4) is 5.75 Å². The Morgan fingerprint density at radius 3 is 2.32 bits per heavy atom. The number of ether oxygens (including phenoxy) is 1. The molecule has 2 amide bonds. The Balaban J connectivity index is 1.44. The second kappa shape index (κ2) is 10.6. The minimum atomic E-state index is -0.736. The fraction of sp³-hybridized carbons (Fsp3) is 0.409. The average Bonchev–Trinajstić information content (AvgIpc) is 3.18. The first-order valence-electron chi connectivity index (χ1n) is 10.2. The molecule has 7 nitrogen and oxygen atoms in total. The van der Waals surface area contributed by atoms with Crippen LogP contribution >= 0.6 is 22.9 Å². The fourth-order valence-electron chi connectivity index (χ4n) is 3.56. The first-order valence-corrected chi connectivity index (χ1v) is 11.3. The van der Waals surface area contributed by atoms with Crippen LogP contribution in [0.3, 0.4) is 0 Å². The van der Waals surface area contributed by atoms with Crippen LogP contribution in [0.15, 0.2) is 30.3 Å². The summed E-state index contributed by atoms with van der Waals surface area (Å²) in [5.74, 6) is -0.781. The van der Waals surface area contributed by atoms with Crippen LogP contribution in [0, 0.1) is 12.8 Å². The number of hydrogen-bond acceptors (Lipinski definition) is 5. The Labute approximate surface area is 189 Å². The molecule has 31 heavy (non-hydrogen) atoms. The predicted molar refractivity (Wildman–Crippen MR) is 119 cm³/mol. The molecule has 0 spiro atoms. The van der Waals surface area contributed by atoms with E-state index in [0.29, 0.717) is 59.3 Å². The number of carboxylic acid groups (broad SMARTS) is 1. The molecule has 0 saturated heterocycles. The van der Waals surface area contributed by atoms with Gasteiger partial charge < -0.3 is 20.5 Å². The predicted octanol–water partition coefficient (Wildman–Crippen LogP) is 3.89. The molecular weight excluding hydrogens is 440 g/mol. The highest BCUT2D eigenvalue weighted by Gasteiger charge is 2.27. The van der Waals surface area contributed by atoms with Crippen LogP contribution in [0.25, 0.3) is 0 Å². The van der Waals surface area contributed by atoms with Crippen molar-refractivity contribution < 1.29 is 24.2 Å². The number of carbonyl (C=O) groups excluding carboxylic acids is 2. The van der Waals surface area contributed by atoms with Gasteiger partial charge in [0.15, 0.2) is 0 Å². The van der Waals surface area contributed by atoms with Crippen LogP contribution in [-0.4, -0.2) is 42.1 Å².